The number of nitrogens with zero attached hydrogens (tertiary/aromatic N) is 4. The maximum atomic E-state index is 8.95. The molecule has 1 fully saturated rings. The lowest BCUT2D eigenvalue weighted by atomic mass is 10.1. The van der Waals surface area contributed by atoms with Crippen molar-refractivity contribution in [1.82, 2.24) is 9.97 Å². The second-order valence-corrected chi connectivity index (χ2v) is 4.33. The standard InChI is InChI=1S/C11H17N5O2/c12-10(15-18)9-11(14-4-3-13-9)16-5-1-8(7-16)2-6-17/h3-4,8,17-18H,1-2,5-7H2,(H2,12,15). The van der Waals surface area contributed by atoms with Crippen LogP contribution in [0.5, 0.6) is 0 Å². The lowest BCUT2D eigenvalue weighted by Crippen LogP contribution is -2.26. The third-order valence-corrected chi connectivity index (χ3v) is 3.15. The summed E-state index contributed by atoms with van der Waals surface area (Å²) in [4.78, 5) is 10.4. The molecule has 0 aromatic carbocycles. The van der Waals surface area contributed by atoms with Gasteiger partial charge in [-0.3, -0.25) is 0 Å². The molecule has 98 valence electrons. The van der Waals surface area contributed by atoms with Crippen LogP contribution >= 0.6 is 0 Å². The molecule has 0 aliphatic carbocycles. The number of anilines is 1. The quantitative estimate of drug-likeness (QED) is 0.295. The van der Waals surface area contributed by atoms with E-state index in [2.05, 4.69) is 20.0 Å². The first-order valence-corrected chi connectivity index (χ1v) is 5.91. The Morgan fingerprint density at radius 3 is 3.00 bits per heavy atom. The molecule has 1 atom stereocenters. The second kappa shape index (κ2) is 5.63. The predicted molar refractivity (Wildman–Crippen MR) is 66.6 cm³/mol. The zero-order valence-electron chi connectivity index (χ0n) is 10.0. The summed E-state index contributed by atoms with van der Waals surface area (Å²) in [6, 6.07) is 0. The number of nitrogens with two attached hydrogens (primary N) is 1. The van der Waals surface area contributed by atoms with E-state index in [1.807, 2.05) is 0 Å². The van der Waals surface area contributed by atoms with Crippen LogP contribution in [-0.4, -0.2) is 45.8 Å². The van der Waals surface area contributed by atoms with Crippen LogP contribution in [-0.2, 0) is 0 Å². The molecule has 0 saturated carbocycles. The molecule has 1 unspecified atom stereocenters. The van der Waals surface area contributed by atoms with Crippen molar-refractivity contribution in [1.29, 1.82) is 0 Å². The number of hydrogen-bond donors (Lipinski definition) is 3. The maximum Gasteiger partial charge on any atom is 0.192 e. The van der Waals surface area contributed by atoms with Crippen molar-refractivity contribution in [3.05, 3.63) is 18.1 Å². The summed E-state index contributed by atoms with van der Waals surface area (Å²) < 4.78 is 0. The van der Waals surface area contributed by atoms with Gasteiger partial charge in [0.1, 0.15) is 0 Å². The van der Waals surface area contributed by atoms with Gasteiger partial charge in [-0.05, 0) is 18.8 Å². The van der Waals surface area contributed by atoms with E-state index < -0.39 is 0 Å². The fraction of sp³-hybridized carbons (Fsp3) is 0.545. The average Bonchev–Trinajstić information content (AvgIpc) is 2.87. The number of rotatable bonds is 4. The number of aliphatic hydroxyl groups excluding tert-OH is 1. The molecule has 1 saturated heterocycles. The monoisotopic (exact) mass is 251 g/mol. The Kier molecular flexibility index (Phi) is 3.93. The van der Waals surface area contributed by atoms with Crippen molar-refractivity contribution in [2.75, 3.05) is 24.6 Å². The molecule has 0 radical (unpaired) electrons. The number of aliphatic hydroxyl groups is 1. The lowest BCUT2D eigenvalue weighted by Gasteiger charge is -2.19. The molecular weight excluding hydrogens is 234 g/mol. The number of amidine groups is 1. The van der Waals surface area contributed by atoms with E-state index in [1.165, 1.54) is 6.20 Å². The van der Waals surface area contributed by atoms with Gasteiger partial charge in [-0.1, -0.05) is 5.16 Å². The molecule has 7 nitrogen and oxygen atoms in total. The first-order valence-electron chi connectivity index (χ1n) is 5.91. The summed E-state index contributed by atoms with van der Waals surface area (Å²) in [6.07, 6.45) is 4.89. The minimum Gasteiger partial charge on any atom is -0.409 e. The Labute approximate surface area is 105 Å². The molecule has 18 heavy (non-hydrogen) atoms. The van der Waals surface area contributed by atoms with Crippen molar-refractivity contribution in [2.24, 2.45) is 16.8 Å². The Bertz CT molecular complexity index is 437. The zero-order chi connectivity index (χ0) is 13.0. The number of aromatic nitrogens is 2. The summed E-state index contributed by atoms with van der Waals surface area (Å²) >= 11 is 0. The average molecular weight is 251 g/mol. The normalized spacial score (nSPS) is 20.4. The van der Waals surface area contributed by atoms with Gasteiger partial charge in [0.2, 0.25) is 0 Å². The van der Waals surface area contributed by atoms with E-state index in [0.29, 0.717) is 17.4 Å². The van der Waals surface area contributed by atoms with E-state index in [4.69, 9.17) is 16.0 Å². The number of hydrogen-bond acceptors (Lipinski definition) is 6. The summed E-state index contributed by atoms with van der Waals surface area (Å²) in [6.45, 7) is 1.85. The highest BCUT2D eigenvalue weighted by atomic mass is 16.4. The summed E-state index contributed by atoms with van der Waals surface area (Å²) in [5.74, 6) is 1.05. The fourth-order valence-electron chi connectivity index (χ4n) is 2.23. The van der Waals surface area contributed by atoms with Gasteiger partial charge in [0.15, 0.2) is 17.3 Å². The van der Waals surface area contributed by atoms with E-state index in [-0.39, 0.29) is 12.4 Å². The van der Waals surface area contributed by atoms with Gasteiger partial charge in [-0.25, -0.2) is 9.97 Å². The topological polar surface area (TPSA) is 108 Å². The van der Waals surface area contributed by atoms with Crippen LogP contribution in [0.3, 0.4) is 0 Å². The first-order chi connectivity index (χ1) is 8.76. The predicted octanol–water partition coefficient (Wildman–Crippen LogP) is -0.220. The Hall–Kier alpha value is -1.89. The molecule has 1 aromatic rings. The minimum absolute atomic E-state index is 0.0382. The molecule has 2 rings (SSSR count). The van der Waals surface area contributed by atoms with Crippen LogP contribution in [0.4, 0.5) is 5.82 Å². The first kappa shape index (κ1) is 12.6. The van der Waals surface area contributed by atoms with Crippen molar-refractivity contribution in [3.8, 4) is 0 Å². The lowest BCUT2D eigenvalue weighted by molar-refractivity contribution is 0.263. The van der Waals surface area contributed by atoms with Crippen LogP contribution in [0.25, 0.3) is 0 Å². The highest BCUT2D eigenvalue weighted by molar-refractivity contribution is 5.99. The van der Waals surface area contributed by atoms with E-state index >= 15 is 0 Å². The zero-order valence-corrected chi connectivity index (χ0v) is 10.0. The van der Waals surface area contributed by atoms with Crippen LogP contribution in [0, 0.1) is 5.92 Å². The molecule has 0 spiro atoms. The van der Waals surface area contributed by atoms with Crippen LogP contribution in [0.15, 0.2) is 17.5 Å². The van der Waals surface area contributed by atoms with Gasteiger partial charge in [-0.15, -0.1) is 0 Å². The molecule has 0 amide bonds. The molecule has 1 aromatic heterocycles. The van der Waals surface area contributed by atoms with Gasteiger partial charge >= 0.3 is 0 Å². The Balaban J connectivity index is 2.19. The van der Waals surface area contributed by atoms with Crippen molar-refractivity contribution in [3.63, 3.8) is 0 Å². The Morgan fingerprint density at radius 2 is 2.28 bits per heavy atom. The highest BCUT2D eigenvalue weighted by Crippen LogP contribution is 2.25. The largest absolute Gasteiger partial charge is 0.409 e. The van der Waals surface area contributed by atoms with Crippen molar-refractivity contribution in [2.45, 2.75) is 12.8 Å². The van der Waals surface area contributed by atoms with E-state index in [9.17, 15) is 0 Å². The molecule has 7 heteroatoms. The van der Waals surface area contributed by atoms with Crippen molar-refractivity contribution >= 4 is 11.7 Å². The molecule has 1 aliphatic heterocycles. The third-order valence-electron chi connectivity index (χ3n) is 3.15. The van der Waals surface area contributed by atoms with Crippen LogP contribution < -0.4 is 10.6 Å². The smallest absolute Gasteiger partial charge is 0.192 e. The van der Waals surface area contributed by atoms with Gasteiger partial charge in [0.25, 0.3) is 0 Å². The van der Waals surface area contributed by atoms with Crippen LogP contribution in [0.1, 0.15) is 18.5 Å². The second-order valence-electron chi connectivity index (χ2n) is 4.33. The summed E-state index contributed by atoms with van der Waals surface area (Å²) in [5, 5.41) is 20.7. The van der Waals surface area contributed by atoms with Gasteiger partial charge < -0.3 is 20.9 Å². The fourth-order valence-corrected chi connectivity index (χ4v) is 2.23. The van der Waals surface area contributed by atoms with Gasteiger partial charge in [0, 0.05) is 32.1 Å². The maximum absolute atomic E-state index is 8.95. The number of oxime groups is 1. The van der Waals surface area contributed by atoms with E-state index in [0.717, 1.165) is 25.9 Å². The van der Waals surface area contributed by atoms with E-state index in [1.54, 1.807) is 6.20 Å². The summed E-state index contributed by atoms with van der Waals surface area (Å²) in [7, 11) is 0. The molecule has 0 bridgehead atoms. The van der Waals surface area contributed by atoms with Crippen molar-refractivity contribution < 1.29 is 10.3 Å². The molecule has 4 N–H and O–H groups in total. The molecule has 1 aliphatic rings. The summed E-state index contributed by atoms with van der Waals surface area (Å²) in [5.41, 5.74) is 5.98. The van der Waals surface area contributed by atoms with Gasteiger partial charge in [-0.2, -0.15) is 0 Å². The minimum atomic E-state index is -0.0382. The van der Waals surface area contributed by atoms with Crippen LogP contribution in [0.2, 0.25) is 0 Å². The van der Waals surface area contributed by atoms with Gasteiger partial charge in [0.05, 0.1) is 0 Å². The molecule has 2 heterocycles. The third kappa shape index (κ3) is 2.51. The Morgan fingerprint density at radius 1 is 1.50 bits per heavy atom. The SMILES string of the molecule is NC(=NO)c1nccnc1N1CCC(CCO)C1. The highest BCUT2D eigenvalue weighted by Gasteiger charge is 2.26. The molecular formula is C11H17N5O2.